The van der Waals surface area contributed by atoms with E-state index in [-0.39, 0.29) is 0 Å². The summed E-state index contributed by atoms with van der Waals surface area (Å²) in [6.07, 6.45) is 3.68. The quantitative estimate of drug-likeness (QED) is 0.407. The Morgan fingerprint density at radius 1 is 1.29 bits per heavy atom. The molecule has 150 valence electrons. The summed E-state index contributed by atoms with van der Waals surface area (Å²) < 4.78 is 11.4. The number of guanidine groups is 1. The topological polar surface area (TPSA) is 50.0 Å². The normalized spacial score (nSPS) is 17.1. The minimum absolute atomic E-state index is 0.533. The third-order valence-electron chi connectivity index (χ3n) is 4.78. The average Bonchev–Trinajstić information content (AvgIpc) is 3.37. The first-order valence-electron chi connectivity index (χ1n) is 10.0. The highest BCUT2D eigenvalue weighted by atomic mass is 16.5. The van der Waals surface area contributed by atoms with Crippen LogP contribution in [0, 0.1) is 5.92 Å². The molecule has 0 bridgehead atoms. The maximum absolute atomic E-state index is 5.95. The van der Waals surface area contributed by atoms with Crippen LogP contribution in [-0.2, 0) is 17.8 Å². The van der Waals surface area contributed by atoms with Crippen molar-refractivity contribution >= 4 is 5.96 Å². The van der Waals surface area contributed by atoms with Gasteiger partial charge in [0.2, 0.25) is 0 Å². The van der Waals surface area contributed by atoms with Crippen molar-refractivity contribution in [1.82, 2.24) is 10.2 Å². The van der Waals surface area contributed by atoms with Crippen molar-refractivity contribution in [2.75, 3.05) is 32.8 Å². The molecule has 0 radical (unpaired) electrons. The number of aliphatic imine (C=N–C) groups is 1. The van der Waals surface area contributed by atoms with Crippen molar-refractivity contribution in [2.24, 2.45) is 10.9 Å². The molecule has 5 nitrogen and oxygen atoms in total. The summed E-state index contributed by atoms with van der Waals surface area (Å²) in [6.45, 7) is 10.9. The summed E-state index contributed by atoms with van der Waals surface area (Å²) >= 11 is 0. The zero-order valence-electron chi connectivity index (χ0n) is 16.8. The van der Waals surface area contributed by atoms with Crippen LogP contribution in [0.15, 0.2) is 70.3 Å². The Balaban J connectivity index is 1.46. The van der Waals surface area contributed by atoms with Gasteiger partial charge in [-0.3, -0.25) is 0 Å². The molecule has 1 unspecified atom stereocenters. The van der Waals surface area contributed by atoms with Gasteiger partial charge in [-0.05, 0) is 31.0 Å². The fourth-order valence-corrected chi connectivity index (χ4v) is 3.31. The zero-order chi connectivity index (χ0) is 19.6. The number of likely N-dealkylation sites (tertiary alicyclic amines) is 1. The minimum Gasteiger partial charge on any atom is -0.469 e. The molecule has 2 aromatic rings. The van der Waals surface area contributed by atoms with Crippen molar-refractivity contribution in [3.63, 3.8) is 0 Å². The Hall–Kier alpha value is -2.53. The summed E-state index contributed by atoms with van der Waals surface area (Å²) in [5.74, 6) is 2.48. The second-order valence-electron chi connectivity index (χ2n) is 7.45. The fourth-order valence-electron chi connectivity index (χ4n) is 3.31. The number of nitrogens with one attached hydrogen (secondary N) is 1. The molecule has 0 aliphatic carbocycles. The number of nitrogens with zero attached hydrogens (tertiary/aromatic N) is 2. The van der Waals surface area contributed by atoms with Gasteiger partial charge in [0.05, 0.1) is 26.0 Å². The molecule has 0 saturated carbocycles. The average molecular weight is 382 g/mol. The number of benzene rings is 1. The van der Waals surface area contributed by atoms with Crippen molar-refractivity contribution in [2.45, 2.75) is 26.4 Å². The van der Waals surface area contributed by atoms with Gasteiger partial charge in [-0.15, -0.1) is 0 Å². The van der Waals surface area contributed by atoms with E-state index in [4.69, 9.17) is 14.1 Å². The lowest BCUT2D eigenvalue weighted by molar-refractivity contribution is 0.0906. The molecule has 1 atom stereocenters. The van der Waals surface area contributed by atoms with Crippen LogP contribution < -0.4 is 5.32 Å². The number of hydrogen-bond acceptors (Lipinski definition) is 3. The molecular formula is C23H31N3O2. The highest BCUT2D eigenvalue weighted by Gasteiger charge is 2.25. The van der Waals surface area contributed by atoms with Gasteiger partial charge in [0.25, 0.3) is 0 Å². The molecule has 1 N–H and O–H groups in total. The van der Waals surface area contributed by atoms with Crippen LogP contribution in [0.3, 0.4) is 0 Å². The Kier molecular flexibility index (Phi) is 7.73. The first-order valence-corrected chi connectivity index (χ1v) is 10.0. The van der Waals surface area contributed by atoms with E-state index in [2.05, 4.69) is 41.1 Å². The van der Waals surface area contributed by atoms with Crippen molar-refractivity contribution in [3.8, 4) is 0 Å². The Labute approximate surface area is 168 Å². The molecule has 1 saturated heterocycles. The predicted octanol–water partition coefficient (Wildman–Crippen LogP) is 3.88. The summed E-state index contributed by atoms with van der Waals surface area (Å²) in [4.78, 5) is 7.08. The lowest BCUT2D eigenvalue weighted by Crippen LogP contribution is -2.41. The van der Waals surface area contributed by atoms with Crippen molar-refractivity contribution in [3.05, 3.63) is 72.2 Å². The summed E-state index contributed by atoms with van der Waals surface area (Å²) in [5.41, 5.74) is 2.29. The van der Waals surface area contributed by atoms with Gasteiger partial charge in [-0.2, -0.15) is 0 Å². The Bertz CT molecular complexity index is 740. The minimum atomic E-state index is 0.533. The number of hydrogen-bond donors (Lipinski definition) is 1. The van der Waals surface area contributed by atoms with Crippen molar-refractivity contribution < 1.29 is 9.15 Å². The molecular weight excluding hydrogens is 350 g/mol. The smallest absolute Gasteiger partial charge is 0.194 e. The van der Waals surface area contributed by atoms with Gasteiger partial charge in [-0.1, -0.05) is 42.5 Å². The summed E-state index contributed by atoms with van der Waals surface area (Å²) in [7, 11) is 0. The molecule has 2 heterocycles. The third kappa shape index (κ3) is 6.57. The number of furan rings is 1. The second-order valence-corrected chi connectivity index (χ2v) is 7.45. The monoisotopic (exact) mass is 381 g/mol. The molecule has 5 heteroatoms. The van der Waals surface area contributed by atoms with Crippen LogP contribution in [-0.4, -0.2) is 43.6 Å². The van der Waals surface area contributed by atoms with Crippen LogP contribution in [0.4, 0.5) is 0 Å². The van der Waals surface area contributed by atoms with Crippen molar-refractivity contribution in [1.29, 1.82) is 0 Å². The Morgan fingerprint density at radius 3 is 2.89 bits per heavy atom. The number of ether oxygens (including phenoxy) is 1. The van der Waals surface area contributed by atoms with Gasteiger partial charge in [0.1, 0.15) is 5.76 Å². The summed E-state index contributed by atoms with van der Waals surface area (Å²) in [5, 5.41) is 3.49. The standard InChI is InChI=1S/C23H31N3O2/c1-19(2)15-25-23(24-12-10-22-9-6-14-28-22)26-13-11-21(16-26)18-27-17-20-7-4-3-5-8-20/h3-9,14,21H,1,10-13,15-18H2,2H3,(H,24,25). The SMILES string of the molecule is C=C(C)CN=C(NCCc1ccco1)N1CCC(COCc2ccccc2)C1. The van der Waals surface area contributed by atoms with Crippen LogP contribution in [0.5, 0.6) is 0 Å². The maximum Gasteiger partial charge on any atom is 0.194 e. The van der Waals surface area contributed by atoms with Crippen LogP contribution in [0.25, 0.3) is 0 Å². The van der Waals surface area contributed by atoms with Gasteiger partial charge < -0.3 is 19.4 Å². The van der Waals surface area contributed by atoms with E-state index in [1.54, 1.807) is 6.26 Å². The molecule has 1 fully saturated rings. The zero-order valence-corrected chi connectivity index (χ0v) is 16.8. The van der Waals surface area contributed by atoms with Gasteiger partial charge in [-0.25, -0.2) is 4.99 Å². The van der Waals surface area contributed by atoms with Gasteiger partial charge >= 0.3 is 0 Å². The van der Waals surface area contributed by atoms with E-state index in [1.807, 2.05) is 25.1 Å². The molecule has 1 aliphatic rings. The van der Waals surface area contributed by atoms with E-state index in [9.17, 15) is 0 Å². The van der Waals surface area contributed by atoms with Gasteiger partial charge in [0.15, 0.2) is 5.96 Å². The largest absolute Gasteiger partial charge is 0.469 e. The molecule has 28 heavy (non-hydrogen) atoms. The molecule has 1 aromatic carbocycles. The van der Waals surface area contributed by atoms with E-state index in [1.165, 1.54) is 5.56 Å². The lowest BCUT2D eigenvalue weighted by Gasteiger charge is -2.22. The molecule has 0 amide bonds. The molecule has 1 aliphatic heterocycles. The van der Waals surface area contributed by atoms with Crippen LogP contribution in [0.2, 0.25) is 0 Å². The first-order chi connectivity index (χ1) is 13.7. The van der Waals surface area contributed by atoms with Crippen LogP contribution >= 0.6 is 0 Å². The third-order valence-corrected chi connectivity index (χ3v) is 4.78. The predicted molar refractivity (Wildman–Crippen MR) is 113 cm³/mol. The highest BCUT2D eigenvalue weighted by molar-refractivity contribution is 5.80. The lowest BCUT2D eigenvalue weighted by atomic mass is 10.1. The second kappa shape index (κ2) is 10.7. The first kappa shape index (κ1) is 20.2. The molecule has 0 spiro atoms. The van der Waals surface area contributed by atoms with E-state index < -0.39 is 0 Å². The van der Waals surface area contributed by atoms with E-state index in [0.717, 1.165) is 56.4 Å². The number of rotatable bonds is 9. The van der Waals surface area contributed by atoms with E-state index >= 15 is 0 Å². The van der Waals surface area contributed by atoms with E-state index in [0.29, 0.717) is 19.1 Å². The van der Waals surface area contributed by atoms with Gasteiger partial charge in [0, 0.05) is 32.0 Å². The fraction of sp³-hybridized carbons (Fsp3) is 0.435. The molecule has 3 rings (SSSR count). The summed E-state index contributed by atoms with van der Waals surface area (Å²) in [6, 6.07) is 14.3. The molecule has 1 aromatic heterocycles. The Morgan fingerprint density at radius 2 is 2.14 bits per heavy atom. The maximum atomic E-state index is 5.95. The highest BCUT2D eigenvalue weighted by Crippen LogP contribution is 2.17. The van der Waals surface area contributed by atoms with Crippen LogP contribution in [0.1, 0.15) is 24.7 Å².